The molecule has 0 bridgehead atoms. The number of nitrogens with two attached hydrogens (primary N) is 1. The molecule has 17 heavy (non-hydrogen) atoms. The van der Waals surface area contributed by atoms with E-state index in [1.807, 2.05) is 6.92 Å². The van der Waals surface area contributed by atoms with Gasteiger partial charge in [-0.15, -0.1) is 0 Å². The second-order valence-electron chi connectivity index (χ2n) is 4.14. The van der Waals surface area contributed by atoms with E-state index in [4.69, 9.17) is 10.8 Å². The van der Waals surface area contributed by atoms with Crippen LogP contribution in [0.5, 0.6) is 0 Å². The Labute approximate surface area is 97.5 Å². The Bertz CT molecular complexity index is 604. The highest BCUT2D eigenvalue weighted by atomic mass is 19.1. The summed E-state index contributed by atoms with van der Waals surface area (Å²) in [5, 5.41) is 9.51. The van der Waals surface area contributed by atoms with Gasteiger partial charge in [0.25, 0.3) is 0 Å². The fourth-order valence-corrected chi connectivity index (χ4v) is 2.03. The molecule has 0 aliphatic heterocycles. The molecule has 1 heterocycles. The number of fused-ring (bicyclic) bond motifs is 1. The van der Waals surface area contributed by atoms with Crippen molar-refractivity contribution >= 4 is 16.9 Å². The van der Waals surface area contributed by atoms with Gasteiger partial charge < -0.3 is 15.4 Å². The number of aromatic nitrogens is 1. The average molecular weight is 236 g/mol. The van der Waals surface area contributed by atoms with E-state index in [-0.39, 0.29) is 5.56 Å². The van der Waals surface area contributed by atoms with Crippen LogP contribution >= 0.6 is 0 Å². The van der Waals surface area contributed by atoms with Crippen LogP contribution < -0.4 is 5.73 Å². The number of halogens is 1. The predicted molar refractivity (Wildman–Crippen MR) is 62.2 cm³/mol. The van der Waals surface area contributed by atoms with E-state index in [1.165, 1.54) is 6.07 Å². The van der Waals surface area contributed by atoms with Crippen molar-refractivity contribution < 1.29 is 14.3 Å². The topological polar surface area (TPSA) is 68.2 Å². The van der Waals surface area contributed by atoms with Gasteiger partial charge in [-0.1, -0.05) is 0 Å². The third kappa shape index (κ3) is 1.78. The maximum Gasteiger partial charge on any atom is 0.325 e. The van der Waals surface area contributed by atoms with Gasteiger partial charge in [0.1, 0.15) is 11.9 Å². The lowest BCUT2D eigenvalue weighted by atomic mass is 10.0. The molecule has 0 amide bonds. The maximum absolute atomic E-state index is 13.9. The van der Waals surface area contributed by atoms with Crippen molar-refractivity contribution in [3.05, 3.63) is 35.3 Å². The largest absolute Gasteiger partial charge is 0.480 e. The summed E-state index contributed by atoms with van der Waals surface area (Å²) in [6, 6.07) is 1.61. The summed E-state index contributed by atoms with van der Waals surface area (Å²) < 4.78 is 15.6. The lowest BCUT2D eigenvalue weighted by molar-refractivity contribution is -0.138. The Morgan fingerprint density at radius 3 is 2.76 bits per heavy atom. The van der Waals surface area contributed by atoms with Gasteiger partial charge in [-0.05, 0) is 30.2 Å². The summed E-state index contributed by atoms with van der Waals surface area (Å²) in [5.41, 5.74) is 7.11. The Morgan fingerprint density at radius 1 is 1.53 bits per heavy atom. The summed E-state index contributed by atoms with van der Waals surface area (Å²) in [7, 11) is 1.75. The van der Waals surface area contributed by atoms with E-state index < -0.39 is 17.8 Å². The van der Waals surface area contributed by atoms with Crippen molar-refractivity contribution in [2.45, 2.75) is 13.0 Å². The number of hydrogen-bond donors (Lipinski definition) is 2. The first-order chi connectivity index (χ1) is 7.91. The van der Waals surface area contributed by atoms with Gasteiger partial charge in [-0.25, -0.2) is 4.39 Å². The molecule has 1 atom stereocenters. The first-order valence-corrected chi connectivity index (χ1v) is 5.15. The van der Waals surface area contributed by atoms with Gasteiger partial charge >= 0.3 is 5.97 Å². The fourth-order valence-electron chi connectivity index (χ4n) is 2.03. The van der Waals surface area contributed by atoms with Crippen LogP contribution in [0.25, 0.3) is 10.9 Å². The summed E-state index contributed by atoms with van der Waals surface area (Å²) in [4.78, 5) is 10.8. The molecule has 0 saturated carbocycles. The molecule has 3 N–H and O–H groups in total. The maximum atomic E-state index is 13.9. The number of nitrogens with zero attached hydrogens (tertiary/aromatic N) is 1. The molecule has 0 aliphatic carbocycles. The highest BCUT2D eigenvalue weighted by Crippen LogP contribution is 2.26. The Morgan fingerprint density at radius 2 is 2.18 bits per heavy atom. The van der Waals surface area contributed by atoms with Crippen LogP contribution in [0.15, 0.2) is 18.3 Å². The molecule has 4 nitrogen and oxygen atoms in total. The first-order valence-electron chi connectivity index (χ1n) is 5.15. The van der Waals surface area contributed by atoms with Crippen molar-refractivity contribution in [2.75, 3.05) is 0 Å². The molecular weight excluding hydrogens is 223 g/mol. The van der Waals surface area contributed by atoms with Crippen LogP contribution in [-0.4, -0.2) is 15.6 Å². The number of aryl methyl sites for hydroxylation is 2. The summed E-state index contributed by atoms with van der Waals surface area (Å²) in [6.45, 7) is 1.85. The normalized spacial score (nSPS) is 12.9. The molecule has 0 fully saturated rings. The first kappa shape index (κ1) is 11.6. The molecule has 2 aromatic rings. The molecule has 90 valence electrons. The van der Waals surface area contributed by atoms with Gasteiger partial charge in [0.2, 0.25) is 0 Å². The van der Waals surface area contributed by atoms with Crippen LogP contribution in [-0.2, 0) is 11.8 Å². The molecule has 1 aromatic carbocycles. The summed E-state index contributed by atoms with van der Waals surface area (Å²) in [6.07, 6.45) is 1.80. The molecule has 2 rings (SSSR count). The third-order valence-corrected chi connectivity index (χ3v) is 2.88. The molecule has 1 unspecified atom stereocenters. The standard InChI is InChI=1S/C12H13FN2O2/c1-6-5-15(2)11-8(6)3-7(4-9(11)13)10(14)12(16)17/h3-5,10H,14H2,1-2H3,(H,16,17). The Hall–Kier alpha value is -1.88. The monoisotopic (exact) mass is 236 g/mol. The molecule has 5 heteroatoms. The molecule has 0 radical (unpaired) electrons. The number of hydrogen-bond acceptors (Lipinski definition) is 2. The van der Waals surface area contributed by atoms with E-state index in [9.17, 15) is 9.18 Å². The van der Waals surface area contributed by atoms with Gasteiger partial charge in [-0.3, -0.25) is 4.79 Å². The van der Waals surface area contributed by atoms with Crippen molar-refractivity contribution in [2.24, 2.45) is 12.8 Å². The van der Waals surface area contributed by atoms with Crippen LogP contribution in [0.2, 0.25) is 0 Å². The highest BCUT2D eigenvalue weighted by molar-refractivity contribution is 5.86. The van der Waals surface area contributed by atoms with Crippen LogP contribution in [0.3, 0.4) is 0 Å². The SMILES string of the molecule is Cc1cn(C)c2c(F)cc(C(N)C(=O)O)cc12. The Balaban J connectivity index is 2.71. The zero-order valence-corrected chi connectivity index (χ0v) is 9.57. The average Bonchev–Trinajstić information content (AvgIpc) is 2.53. The van der Waals surface area contributed by atoms with Gasteiger partial charge in [-0.2, -0.15) is 0 Å². The van der Waals surface area contributed by atoms with Crippen molar-refractivity contribution in [3.8, 4) is 0 Å². The zero-order chi connectivity index (χ0) is 12.7. The van der Waals surface area contributed by atoms with E-state index >= 15 is 0 Å². The third-order valence-electron chi connectivity index (χ3n) is 2.88. The van der Waals surface area contributed by atoms with Gasteiger partial charge in [0.05, 0.1) is 5.52 Å². The molecular formula is C12H13FN2O2. The fraction of sp³-hybridized carbons (Fsp3) is 0.250. The van der Waals surface area contributed by atoms with Gasteiger partial charge in [0.15, 0.2) is 0 Å². The van der Waals surface area contributed by atoms with E-state index in [1.54, 1.807) is 23.9 Å². The predicted octanol–water partition coefficient (Wildman–Crippen LogP) is 1.71. The number of carbonyl (C=O) groups is 1. The van der Waals surface area contributed by atoms with Crippen LogP contribution in [0.1, 0.15) is 17.2 Å². The van der Waals surface area contributed by atoms with E-state index in [0.717, 1.165) is 5.56 Å². The number of carboxylic acid groups (broad SMARTS) is 1. The zero-order valence-electron chi connectivity index (χ0n) is 9.57. The molecule has 1 aromatic heterocycles. The van der Waals surface area contributed by atoms with Crippen molar-refractivity contribution in [1.29, 1.82) is 0 Å². The van der Waals surface area contributed by atoms with Crippen LogP contribution in [0.4, 0.5) is 4.39 Å². The van der Waals surface area contributed by atoms with E-state index in [2.05, 4.69) is 0 Å². The number of rotatable bonds is 2. The second kappa shape index (κ2) is 3.85. The quantitative estimate of drug-likeness (QED) is 0.834. The lowest BCUT2D eigenvalue weighted by Gasteiger charge is -2.08. The molecule has 0 spiro atoms. The molecule has 0 saturated heterocycles. The minimum Gasteiger partial charge on any atom is -0.480 e. The minimum atomic E-state index is -1.20. The number of carboxylic acids is 1. The summed E-state index contributed by atoms with van der Waals surface area (Å²) in [5.74, 6) is -1.62. The highest BCUT2D eigenvalue weighted by Gasteiger charge is 2.18. The number of aliphatic carboxylic acids is 1. The summed E-state index contributed by atoms with van der Waals surface area (Å²) >= 11 is 0. The molecule has 0 aliphatic rings. The van der Waals surface area contributed by atoms with E-state index in [0.29, 0.717) is 10.9 Å². The van der Waals surface area contributed by atoms with Crippen LogP contribution in [0, 0.1) is 12.7 Å². The lowest BCUT2D eigenvalue weighted by Crippen LogP contribution is -2.20. The van der Waals surface area contributed by atoms with Gasteiger partial charge in [0, 0.05) is 18.6 Å². The minimum absolute atomic E-state index is 0.275. The van der Waals surface area contributed by atoms with Crippen molar-refractivity contribution in [3.63, 3.8) is 0 Å². The number of benzene rings is 1. The Kier molecular flexibility index (Phi) is 2.63. The van der Waals surface area contributed by atoms with Crippen molar-refractivity contribution in [1.82, 2.24) is 4.57 Å². The smallest absolute Gasteiger partial charge is 0.325 e. The second-order valence-corrected chi connectivity index (χ2v) is 4.14.